The number of methoxy groups -OCH3 is 1. The zero-order valence-electron chi connectivity index (χ0n) is 13.6. The predicted octanol–water partition coefficient (Wildman–Crippen LogP) is 1.91. The molecule has 0 spiro atoms. The van der Waals surface area contributed by atoms with Gasteiger partial charge in [-0.2, -0.15) is 0 Å². The number of hydrogen-bond donors (Lipinski definition) is 2. The highest BCUT2D eigenvalue weighted by atomic mass is 16.5. The Kier molecular flexibility index (Phi) is 5.06. The number of carbonyl (C=O) groups excluding carboxylic acids is 1. The summed E-state index contributed by atoms with van der Waals surface area (Å²) in [7, 11) is 1.65. The number of hydrogen-bond acceptors (Lipinski definition) is 4. The smallest absolute Gasteiger partial charge is 0.223 e. The van der Waals surface area contributed by atoms with Crippen LogP contribution in [-0.4, -0.2) is 37.4 Å². The molecular weight excluding hydrogens is 294 g/mol. The van der Waals surface area contributed by atoms with E-state index >= 15 is 0 Å². The van der Waals surface area contributed by atoms with Crippen LogP contribution in [-0.2, 0) is 11.2 Å². The molecule has 1 heterocycles. The molecule has 0 unspecified atom stereocenters. The highest BCUT2D eigenvalue weighted by molar-refractivity contribution is 5.78. The molecule has 1 fully saturated rings. The van der Waals surface area contributed by atoms with Crippen LogP contribution in [0.15, 0.2) is 18.2 Å². The minimum Gasteiger partial charge on any atom is -0.493 e. The molecule has 3 rings (SSSR count). The number of amides is 1. The van der Waals surface area contributed by atoms with Crippen molar-refractivity contribution in [2.45, 2.75) is 38.2 Å². The number of nitrogens with one attached hydrogen (secondary N) is 1. The molecule has 126 valence electrons. The highest BCUT2D eigenvalue weighted by Gasteiger charge is 2.27. The molecule has 0 bridgehead atoms. The van der Waals surface area contributed by atoms with E-state index in [2.05, 4.69) is 5.32 Å². The van der Waals surface area contributed by atoms with Gasteiger partial charge in [-0.3, -0.25) is 4.79 Å². The van der Waals surface area contributed by atoms with Gasteiger partial charge in [-0.1, -0.05) is 12.1 Å². The summed E-state index contributed by atoms with van der Waals surface area (Å²) in [5, 5.41) is 12.6. The maximum Gasteiger partial charge on any atom is 0.223 e. The number of rotatable bonds is 4. The fourth-order valence-electron chi connectivity index (χ4n) is 3.48. The quantitative estimate of drug-likeness (QED) is 0.890. The van der Waals surface area contributed by atoms with Crippen LogP contribution in [0.2, 0.25) is 0 Å². The van der Waals surface area contributed by atoms with Gasteiger partial charge in [0.15, 0.2) is 11.5 Å². The van der Waals surface area contributed by atoms with E-state index in [0.29, 0.717) is 13.2 Å². The predicted molar refractivity (Wildman–Crippen MR) is 86.7 cm³/mol. The van der Waals surface area contributed by atoms with E-state index in [1.165, 1.54) is 0 Å². The molecule has 0 saturated heterocycles. The lowest BCUT2D eigenvalue weighted by Crippen LogP contribution is -2.39. The summed E-state index contributed by atoms with van der Waals surface area (Å²) in [5.41, 5.74) is 1.13. The molecule has 1 aliphatic heterocycles. The molecule has 1 amide bonds. The Morgan fingerprint density at radius 2 is 2.13 bits per heavy atom. The number of carbonyl (C=O) groups is 1. The number of aliphatic hydroxyl groups is 1. The normalized spacial score (nSPS) is 26.8. The monoisotopic (exact) mass is 319 g/mol. The first-order valence-electron chi connectivity index (χ1n) is 8.42. The zero-order chi connectivity index (χ0) is 16.2. The maximum atomic E-state index is 12.2. The van der Waals surface area contributed by atoms with Crippen LogP contribution < -0.4 is 14.8 Å². The standard InChI is InChI=1S/C18H25NO4/c1-22-16-4-2-3-14-9-12(11-23-17(14)16)10-19-18(21)13-5-7-15(20)8-6-13/h2-4,12-13,15,20H,5-11H2,1H3,(H,19,21)/t12-,13?,15?/m1/s1. The minimum absolute atomic E-state index is 0.0512. The molecule has 2 aliphatic rings. The third-order valence-corrected chi connectivity index (χ3v) is 4.88. The van der Waals surface area contributed by atoms with Crippen molar-refractivity contribution in [3.05, 3.63) is 23.8 Å². The van der Waals surface area contributed by atoms with E-state index < -0.39 is 0 Å². The first-order chi connectivity index (χ1) is 11.2. The van der Waals surface area contributed by atoms with Gasteiger partial charge in [0, 0.05) is 18.4 Å². The Labute approximate surface area is 137 Å². The van der Waals surface area contributed by atoms with Crippen molar-refractivity contribution in [2.75, 3.05) is 20.3 Å². The summed E-state index contributed by atoms with van der Waals surface area (Å²) in [6, 6.07) is 5.92. The van der Waals surface area contributed by atoms with Crippen LogP contribution in [0.25, 0.3) is 0 Å². The van der Waals surface area contributed by atoms with Gasteiger partial charge in [-0.05, 0) is 43.7 Å². The summed E-state index contributed by atoms with van der Waals surface area (Å²) >= 11 is 0. The van der Waals surface area contributed by atoms with Crippen molar-refractivity contribution in [3.63, 3.8) is 0 Å². The second-order valence-corrected chi connectivity index (χ2v) is 6.58. The first kappa shape index (κ1) is 16.1. The Bertz CT molecular complexity index is 552. The fraction of sp³-hybridized carbons (Fsp3) is 0.611. The lowest BCUT2D eigenvalue weighted by molar-refractivity contribution is -0.126. The van der Waals surface area contributed by atoms with E-state index in [1.54, 1.807) is 7.11 Å². The van der Waals surface area contributed by atoms with E-state index in [9.17, 15) is 9.90 Å². The largest absolute Gasteiger partial charge is 0.493 e. The van der Waals surface area contributed by atoms with E-state index in [-0.39, 0.29) is 23.8 Å². The van der Waals surface area contributed by atoms with Crippen molar-refractivity contribution in [3.8, 4) is 11.5 Å². The SMILES string of the molecule is COc1cccc2c1OC[C@@H](CNC(=O)C1CCC(O)CC1)C2. The topological polar surface area (TPSA) is 67.8 Å². The molecule has 1 aliphatic carbocycles. The van der Waals surface area contributed by atoms with Crippen molar-refractivity contribution in [1.82, 2.24) is 5.32 Å². The van der Waals surface area contributed by atoms with Gasteiger partial charge in [0.05, 0.1) is 19.8 Å². The van der Waals surface area contributed by atoms with Gasteiger partial charge in [0.2, 0.25) is 5.91 Å². The Hall–Kier alpha value is -1.75. The van der Waals surface area contributed by atoms with Crippen LogP contribution in [0.1, 0.15) is 31.2 Å². The van der Waals surface area contributed by atoms with Crippen molar-refractivity contribution >= 4 is 5.91 Å². The van der Waals surface area contributed by atoms with Crippen molar-refractivity contribution in [1.29, 1.82) is 0 Å². The van der Waals surface area contributed by atoms with Crippen molar-refractivity contribution in [2.24, 2.45) is 11.8 Å². The van der Waals surface area contributed by atoms with E-state index in [1.807, 2.05) is 18.2 Å². The number of fused-ring (bicyclic) bond motifs is 1. The van der Waals surface area contributed by atoms with Gasteiger partial charge in [0.1, 0.15) is 0 Å². The average Bonchev–Trinajstić information content (AvgIpc) is 2.59. The molecule has 23 heavy (non-hydrogen) atoms. The number of aliphatic hydroxyl groups excluding tert-OH is 1. The average molecular weight is 319 g/mol. The molecule has 1 aromatic rings. The van der Waals surface area contributed by atoms with Gasteiger partial charge in [-0.25, -0.2) is 0 Å². The third kappa shape index (κ3) is 3.78. The third-order valence-electron chi connectivity index (χ3n) is 4.88. The lowest BCUT2D eigenvalue weighted by Gasteiger charge is -2.28. The zero-order valence-corrected chi connectivity index (χ0v) is 13.6. The Morgan fingerprint density at radius 1 is 1.35 bits per heavy atom. The summed E-state index contributed by atoms with van der Waals surface area (Å²) in [6.07, 6.45) is 3.70. The number of benzene rings is 1. The Morgan fingerprint density at radius 3 is 2.87 bits per heavy atom. The van der Waals surface area contributed by atoms with E-state index in [0.717, 1.165) is 49.2 Å². The molecular formula is C18H25NO4. The first-order valence-corrected chi connectivity index (χ1v) is 8.42. The molecule has 1 aromatic carbocycles. The van der Waals surface area contributed by atoms with Crippen LogP contribution in [0.5, 0.6) is 11.5 Å². The van der Waals surface area contributed by atoms with Crippen LogP contribution >= 0.6 is 0 Å². The molecule has 0 radical (unpaired) electrons. The highest BCUT2D eigenvalue weighted by Crippen LogP contribution is 2.35. The number of para-hydroxylation sites is 1. The van der Waals surface area contributed by atoms with Crippen molar-refractivity contribution < 1.29 is 19.4 Å². The number of ether oxygens (including phenoxy) is 2. The van der Waals surface area contributed by atoms with Gasteiger partial charge < -0.3 is 19.9 Å². The molecule has 1 atom stereocenters. The fourth-order valence-corrected chi connectivity index (χ4v) is 3.48. The second-order valence-electron chi connectivity index (χ2n) is 6.58. The molecule has 2 N–H and O–H groups in total. The van der Waals surface area contributed by atoms with Gasteiger partial charge >= 0.3 is 0 Å². The molecule has 5 nitrogen and oxygen atoms in total. The van der Waals surface area contributed by atoms with Gasteiger partial charge in [-0.15, -0.1) is 0 Å². The second kappa shape index (κ2) is 7.21. The summed E-state index contributed by atoms with van der Waals surface area (Å²) < 4.78 is 11.2. The van der Waals surface area contributed by atoms with E-state index in [4.69, 9.17) is 9.47 Å². The van der Waals surface area contributed by atoms with Gasteiger partial charge in [0.25, 0.3) is 0 Å². The van der Waals surface area contributed by atoms with Crippen LogP contribution in [0.4, 0.5) is 0 Å². The molecule has 5 heteroatoms. The summed E-state index contributed by atoms with van der Waals surface area (Å²) in [6.45, 7) is 1.23. The summed E-state index contributed by atoms with van der Waals surface area (Å²) in [5.74, 6) is 2.06. The minimum atomic E-state index is -0.225. The summed E-state index contributed by atoms with van der Waals surface area (Å²) in [4.78, 5) is 12.2. The van der Waals surface area contributed by atoms with Crippen LogP contribution in [0.3, 0.4) is 0 Å². The lowest BCUT2D eigenvalue weighted by atomic mass is 9.86. The Balaban J connectivity index is 1.51. The van der Waals surface area contributed by atoms with Crippen LogP contribution in [0, 0.1) is 11.8 Å². The molecule has 1 saturated carbocycles. The molecule has 0 aromatic heterocycles. The maximum absolute atomic E-state index is 12.2.